The first kappa shape index (κ1) is 16.8. The molecular formula is C16H16BrN3O3. The van der Waals surface area contributed by atoms with Crippen LogP contribution in [-0.2, 0) is 0 Å². The molecule has 0 aliphatic heterocycles. The lowest BCUT2D eigenvalue weighted by molar-refractivity contribution is 0.0956. The Morgan fingerprint density at radius 3 is 2.65 bits per heavy atom. The SMILES string of the molecule is COc1cc(/C=N\NC(=O)c2ccccc2N)cc(Br)c1OC. The third-order valence-corrected chi connectivity index (χ3v) is 3.63. The van der Waals surface area contributed by atoms with Gasteiger partial charge in [0.1, 0.15) is 0 Å². The van der Waals surface area contributed by atoms with E-state index in [9.17, 15) is 4.79 Å². The van der Waals surface area contributed by atoms with Crippen LogP contribution in [0.1, 0.15) is 15.9 Å². The van der Waals surface area contributed by atoms with E-state index in [0.29, 0.717) is 22.7 Å². The summed E-state index contributed by atoms with van der Waals surface area (Å²) in [5, 5.41) is 3.93. The lowest BCUT2D eigenvalue weighted by Gasteiger charge is -2.10. The molecule has 2 aromatic rings. The second-order valence-electron chi connectivity index (χ2n) is 4.52. The number of nitrogens with zero attached hydrogens (tertiary/aromatic N) is 1. The van der Waals surface area contributed by atoms with Crippen LogP contribution in [0, 0.1) is 0 Å². The summed E-state index contributed by atoms with van der Waals surface area (Å²) in [6, 6.07) is 10.3. The molecule has 0 spiro atoms. The van der Waals surface area contributed by atoms with Crippen LogP contribution in [0.2, 0.25) is 0 Å². The highest BCUT2D eigenvalue weighted by Gasteiger charge is 2.10. The molecule has 7 heteroatoms. The second kappa shape index (κ2) is 7.64. The number of anilines is 1. The maximum Gasteiger partial charge on any atom is 0.273 e. The highest BCUT2D eigenvalue weighted by Crippen LogP contribution is 2.35. The minimum Gasteiger partial charge on any atom is -0.493 e. The number of carbonyl (C=O) groups is 1. The van der Waals surface area contributed by atoms with Crippen molar-refractivity contribution >= 4 is 33.7 Å². The van der Waals surface area contributed by atoms with Crippen LogP contribution in [0.4, 0.5) is 5.69 Å². The van der Waals surface area contributed by atoms with Crippen LogP contribution < -0.4 is 20.6 Å². The van der Waals surface area contributed by atoms with E-state index >= 15 is 0 Å². The molecule has 0 saturated heterocycles. The summed E-state index contributed by atoms with van der Waals surface area (Å²) in [5.41, 5.74) is 9.68. The zero-order valence-electron chi connectivity index (χ0n) is 12.7. The van der Waals surface area contributed by atoms with Crippen LogP contribution in [0.25, 0.3) is 0 Å². The molecule has 120 valence electrons. The second-order valence-corrected chi connectivity index (χ2v) is 5.38. The highest BCUT2D eigenvalue weighted by molar-refractivity contribution is 9.10. The minimum absolute atomic E-state index is 0.373. The van der Waals surface area contributed by atoms with Crippen molar-refractivity contribution in [2.24, 2.45) is 5.10 Å². The first-order valence-electron chi connectivity index (χ1n) is 6.66. The Labute approximate surface area is 142 Å². The van der Waals surface area contributed by atoms with Gasteiger partial charge in [0.15, 0.2) is 11.5 Å². The molecule has 0 heterocycles. The quantitative estimate of drug-likeness (QED) is 0.476. The molecular weight excluding hydrogens is 362 g/mol. The Kier molecular flexibility index (Phi) is 5.59. The van der Waals surface area contributed by atoms with Crippen molar-refractivity contribution in [1.29, 1.82) is 0 Å². The highest BCUT2D eigenvalue weighted by atomic mass is 79.9. The van der Waals surface area contributed by atoms with Gasteiger partial charge < -0.3 is 15.2 Å². The summed E-state index contributed by atoms with van der Waals surface area (Å²) in [5.74, 6) is 0.770. The molecule has 2 aromatic carbocycles. The van der Waals surface area contributed by atoms with Crippen LogP contribution in [0.15, 0.2) is 46.0 Å². The van der Waals surface area contributed by atoms with E-state index < -0.39 is 0 Å². The third-order valence-electron chi connectivity index (χ3n) is 3.04. The van der Waals surface area contributed by atoms with Crippen LogP contribution in [0.5, 0.6) is 11.5 Å². The maximum atomic E-state index is 12.0. The van der Waals surface area contributed by atoms with Gasteiger partial charge in [0.2, 0.25) is 0 Å². The molecule has 0 unspecified atom stereocenters. The first-order chi connectivity index (χ1) is 11.1. The average molecular weight is 378 g/mol. The molecule has 0 aromatic heterocycles. The predicted octanol–water partition coefficient (Wildman–Crippen LogP) is 2.81. The van der Waals surface area contributed by atoms with Crippen LogP contribution >= 0.6 is 15.9 Å². The van der Waals surface area contributed by atoms with Gasteiger partial charge in [-0.25, -0.2) is 5.43 Å². The topological polar surface area (TPSA) is 85.9 Å². The number of nitrogen functional groups attached to an aromatic ring is 1. The molecule has 0 saturated carbocycles. The van der Waals surface area contributed by atoms with E-state index in [1.807, 2.05) is 0 Å². The molecule has 6 nitrogen and oxygen atoms in total. The van der Waals surface area contributed by atoms with Crippen molar-refractivity contribution < 1.29 is 14.3 Å². The molecule has 0 fully saturated rings. The molecule has 0 radical (unpaired) electrons. The van der Waals surface area contributed by atoms with Crippen molar-refractivity contribution in [2.45, 2.75) is 0 Å². The summed E-state index contributed by atoms with van der Waals surface area (Å²) in [6.07, 6.45) is 1.50. The van der Waals surface area contributed by atoms with E-state index in [2.05, 4.69) is 26.5 Å². The number of carbonyl (C=O) groups excluding carboxylic acids is 1. The molecule has 2 rings (SSSR count). The Morgan fingerprint density at radius 1 is 1.26 bits per heavy atom. The summed E-state index contributed by atoms with van der Waals surface area (Å²) >= 11 is 3.40. The lowest BCUT2D eigenvalue weighted by Crippen LogP contribution is -2.19. The monoisotopic (exact) mass is 377 g/mol. The van der Waals surface area contributed by atoms with Gasteiger partial charge in [-0.2, -0.15) is 5.10 Å². The number of hydrogen-bond acceptors (Lipinski definition) is 5. The molecule has 1 amide bonds. The molecule has 0 atom stereocenters. The fourth-order valence-electron chi connectivity index (χ4n) is 1.94. The number of nitrogens with two attached hydrogens (primary N) is 1. The Hall–Kier alpha value is -2.54. The standard InChI is InChI=1S/C16H16BrN3O3/c1-22-14-8-10(7-12(17)15(14)23-2)9-19-20-16(21)11-5-3-4-6-13(11)18/h3-9H,18H2,1-2H3,(H,20,21)/b19-9-. The van der Waals surface area contributed by atoms with Gasteiger partial charge in [-0.05, 0) is 45.8 Å². The number of halogens is 1. The Balaban J connectivity index is 2.13. The van der Waals surface area contributed by atoms with E-state index in [1.165, 1.54) is 6.21 Å². The number of hydrogen-bond donors (Lipinski definition) is 2. The molecule has 3 N–H and O–H groups in total. The van der Waals surface area contributed by atoms with Gasteiger partial charge in [0.05, 0.1) is 30.5 Å². The molecule has 0 bridgehead atoms. The number of methoxy groups -OCH3 is 2. The van der Waals surface area contributed by atoms with Crippen LogP contribution in [0.3, 0.4) is 0 Å². The van der Waals surface area contributed by atoms with Gasteiger partial charge in [0.25, 0.3) is 5.91 Å². The summed E-state index contributed by atoms with van der Waals surface area (Å²) < 4.78 is 11.2. The normalized spacial score (nSPS) is 10.6. The van der Waals surface area contributed by atoms with E-state index in [0.717, 1.165) is 10.0 Å². The Bertz CT molecular complexity index is 747. The van der Waals surface area contributed by atoms with Crippen molar-refractivity contribution in [3.63, 3.8) is 0 Å². The van der Waals surface area contributed by atoms with Gasteiger partial charge in [-0.1, -0.05) is 12.1 Å². The number of para-hydroxylation sites is 1. The number of nitrogens with one attached hydrogen (secondary N) is 1. The predicted molar refractivity (Wildman–Crippen MR) is 93.2 cm³/mol. The van der Waals surface area contributed by atoms with Crippen molar-refractivity contribution in [1.82, 2.24) is 5.43 Å². The number of rotatable bonds is 5. The molecule has 0 aliphatic carbocycles. The van der Waals surface area contributed by atoms with Crippen molar-refractivity contribution in [3.05, 3.63) is 52.0 Å². The van der Waals surface area contributed by atoms with Gasteiger partial charge in [-0.15, -0.1) is 0 Å². The maximum absolute atomic E-state index is 12.0. The van der Waals surface area contributed by atoms with Crippen molar-refractivity contribution in [2.75, 3.05) is 20.0 Å². The number of ether oxygens (including phenoxy) is 2. The number of benzene rings is 2. The van der Waals surface area contributed by atoms with Crippen molar-refractivity contribution in [3.8, 4) is 11.5 Å². The minimum atomic E-state index is -0.376. The van der Waals surface area contributed by atoms with Gasteiger partial charge >= 0.3 is 0 Å². The number of hydrazone groups is 1. The zero-order chi connectivity index (χ0) is 16.8. The molecule has 23 heavy (non-hydrogen) atoms. The largest absolute Gasteiger partial charge is 0.493 e. The summed E-state index contributed by atoms with van der Waals surface area (Å²) in [4.78, 5) is 12.0. The zero-order valence-corrected chi connectivity index (χ0v) is 14.3. The van der Waals surface area contributed by atoms with Gasteiger partial charge in [0, 0.05) is 5.69 Å². The lowest BCUT2D eigenvalue weighted by atomic mass is 10.2. The Morgan fingerprint density at radius 2 is 2.00 bits per heavy atom. The fourth-order valence-corrected chi connectivity index (χ4v) is 2.56. The van der Waals surface area contributed by atoms with E-state index in [-0.39, 0.29) is 5.91 Å². The van der Waals surface area contributed by atoms with Gasteiger partial charge in [-0.3, -0.25) is 4.79 Å². The number of amides is 1. The summed E-state index contributed by atoms with van der Waals surface area (Å²) in [7, 11) is 3.10. The van der Waals surface area contributed by atoms with Crippen LogP contribution in [-0.4, -0.2) is 26.3 Å². The third kappa shape index (κ3) is 4.01. The van der Waals surface area contributed by atoms with E-state index in [4.69, 9.17) is 15.2 Å². The average Bonchev–Trinajstić information content (AvgIpc) is 2.54. The smallest absolute Gasteiger partial charge is 0.273 e. The first-order valence-corrected chi connectivity index (χ1v) is 7.45. The summed E-state index contributed by atoms with van der Waals surface area (Å²) in [6.45, 7) is 0. The van der Waals surface area contributed by atoms with E-state index in [1.54, 1.807) is 50.6 Å². The molecule has 0 aliphatic rings. The fraction of sp³-hybridized carbons (Fsp3) is 0.125.